The van der Waals surface area contributed by atoms with Crippen molar-refractivity contribution in [2.45, 2.75) is 52.7 Å². The summed E-state index contributed by atoms with van der Waals surface area (Å²) in [6, 6.07) is 10.5. The van der Waals surface area contributed by atoms with Crippen molar-refractivity contribution in [2.24, 2.45) is 0 Å². The van der Waals surface area contributed by atoms with Gasteiger partial charge < -0.3 is 15.0 Å². The van der Waals surface area contributed by atoms with Crippen LogP contribution in [0, 0.1) is 0 Å². The molecule has 0 unspecified atom stereocenters. The maximum Gasteiger partial charge on any atom is 0.244 e. The van der Waals surface area contributed by atoms with Crippen LogP contribution in [-0.2, 0) is 26.2 Å². The second kappa shape index (κ2) is 13.2. The molecular formula is C25H33Cl2N3O5S. The molecular weight excluding hydrogens is 525 g/mol. The van der Waals surface area contributed by atoms with Crippen molar-refractivity contribution < 1.29 is 22.7 Å². The second-order valence-corrected chi connectivity index (χ2v) is 11.2. The van der Waals surface area contributed by atoms with E-state index in [-0.39, 0.29) is 24.2 Å². The summed E-state index contributed by atoms with van der Waals surface area (Å²) in [5.41, 5.74) is 0.878. The summed E-state index contributed by atoms with van der Waals surface area (Å²) in [6.07, 6.45) is 1.74. The molecule has 0 aromatic heterocycles. The van der Waals surface area contributed by atoms with Crippen LogP contribution in [0.1, 0.15) is 39.7 Å². The van der Waals surface area contributed by atoms with Gasteiger partial charge in [-0.2, -0.15) is 0 Å². The summed E-state index contributed by atoms with van der Waals surface area (Å²) in [6.45, 7) is 7.01. The van der Waals surface area contributed by atoms with E-state index in [0.717, 1.165) is 17.0 Å². The highest BCUT2D eigenvalue weighted by atomic mass is 35.5. The zero-order valence-corrected chi connectivity index (χ0v) is 23.5. The van der Waals surface area contributed by atoms with E-state index in [0.29, 0.717) is 28.0 Å². The lowest BCUT2D eigenvalue weighted by molar-refractivity contribution is -0.139. The number of carbonyl (C=O) groups is 2. The lowest BCUT2D eigenvalue weighted by atomic mass is 10.1. The van der Waals surface area contributed by atoms with E-state index in [4.69, 9.17) is 27.9 Å². The van der Waals surface area contributed by atoms with Gasteiger partial charge in [-0.25, -0.2) is 8.42 Å². The van der Waals surface area contributed by atoms with Crippen LogP contribution >= 0.6 is 23.2 Å². The minimum atomic E-state index is -3.87. The van der Waals surface area contributed by atoms with Crippen molar-refractivity contribution >= 4 is 50.7 Å². The predicted molar refractivity (Wildman–Crippen MR) is 144 cm³/mol. The first-order valence-corrected chi connectivity index (χ1v) is 14.2. The number of rotatable bonds is 12. The molecule has 1 N–H and O–H groups in total. The van der Waals surface area contributed by atoms with E-state index in [9.17, 15) is 18.0 Å². The van der Waals surface area contributed by atoms with E-state index in [2.05, 4.69) is 5.32 Å². The van der Waals surface area contributed by atoms with E-state index in [1.165, 1.54) is 4.90 Å². The van der Waals surface area contributed by atoms with Crippen LogP contribution in [0.2, 0.25) is 10.0 Å². The number of anilines is 1. The first-order valence-electron chi connectivity index (χ1n) is 11.6. The number of benzene rings is 2. The Kier molecular flexibility index (Phi) is 10.9. The van der Waals surface area contributed by atoms with E-state index in [1.807, 2.05) is 13.8 Å². The molecule has 198 valence electrons. The summed E-state index contributed by atoms with van der Waals surface area (Å²) >= 11 is 12.2. The van der Waals surface area contributed by atoms with Gasteiger partial charge in [0.05, 0.1) is 28.6 Å². The molecule has 0 saturated heterocycles. The highest BCUT2D eigenvalue weighted by Gasteiger charge is 2.31. The molecule has 0 aliphatic rings. The molecule has 0 saturated carbocycles. The van der Waals surface area contributed by atoms with Crippen LogP contribution in [0.4, 0.5) is 5.69 Å². The molecule has 2 aromatic carbocycles. The standard InChI is InChI=1S/C25H33Cl2N3O5S/c1-6-17(3)28-25(32)18(4)29(15-19-12-13-20(26)21(27)14-19)24(31)16-30(36(5,33)34)22-10-8-9-11-23(22)35-7-2/h8-14,17-18H,6-7,15-16H2,1-5H3,(H,28,32)/t17-,18-/m0/s1. The van der Waals surface area contributed by atoms with Crippen LogP contribution in [-0.4, -0.2) is 56.6 Å². The van der Waals surface area contributed by atoms with Gasteiger partial charge in [-0.05, 0) is 57.0 Å². The predicted octanol–water partition coefficient (Wildman–Crippen LogP) is 4.49. The molecule has 0 fully saturated rings. The third-order valence-electron chi connectivity index (χ3n) is 5.62. The van der Waals surface area contributed by atoms with Gasteiger partial charge in [-0.1, -0.05) is 48.3 Å². The van der Waals surface area contributed by atoms with Gasteiger partial charge in [0.15, 0.2) is 0 Å². The number of hydrogen-bond acceptors (Lipinski definition) is 5. The van der Waals surface area contributed by atoms with Crippen molar-refractivity contribution in [2.75, 3.05) is 23.7 Å². The SMILES string of the molecule is CCOc1ccccc1N(CC(=O)N(Cc1ccc(Cl)c(Cl)c1)[C@@H](C)C(=O)N[C@@H](C)CC)S(C)(=O)=O. The van der Waals surface area contributed by atoms with Crippen LogP contribution in [0.5, 0.6) is 5.75 Å². The smallest absolute Gasteiger partial charge is 0.244 e. The molecule has 0 spiro atoms. The topological polar surface area (TPSA) is 96.0 Å². The number of ether oxygens (including phenoxy) is 1. The molecule has 2 atom stereocenters. The van der Waals surface area contributed by atoms with Gasteiger partial charge in [0, 0.05) is 12.6 Å². The Morgan fingerprint density at radius 3 is 2.31 bits per heavy atom. The van der Waals surface area contributed by atoms with Crippen molar-refractivity contribution in [1.82, 2.24) is 10.2 Å². The lowest BCUT2D eigenvalue weighted by Crippen LogP contribution is -2.52. The molecule has 36 heavy (non-hydrogen) atoms. The average Bonchev–Trinajstić information content (AvgIpc) is 2.82. The number of halogens is 2. The minimum Gasteiger partial charge on any atom is -0.492 e. The quantitative estimate of drug-likeness (QED) is 0.414. The van der Waals surface area contributed by atoms with E-state index >= 15 is 0 Å². The van der Waals surface area contributed by atoms with Gasteiger partial charge in [0.1, 0.15) is 18.3 Å². The van der Waals surface area contributed by atoms with Crippen molar-refractivity contribution in [3.63, 3.8) is 0 Å². The van der Waals surface area contributed by atoms with Gasteiger partial charge >= 0.3 is 0 Å². The minimum absolute atomic E-state index is 0.0233. The van der Waals surface area contributed by atoms with Gasteiger partial charge in [0.25, 0.3) is 0 Å². The highest BCUT2D eigenvalue weighted by Crippen LogP contribution is 2.30. The number of amides is 2. The van der Waals surface area contributed by atoms with Crippen LogP contribution < -0.4 is 14.4 Å². The summed E-state index contributed by atoms with van der Waals surface area (Å²) in [7, 11) is -3.87. The Morgan fingerprint density at radius 2 is 1.72 bits per heavy atom. The van der Waals surface area contributed by atoms with E-state index in [1.54, 1.807) is 56.3 Å². The highest BCUT2D eigenvalue weighted by molar-refractivity contribution is 7.92. The van der Waals surface area contributed by atoms with Gasteiger partial charge in [-0.3, -0.25) is 13.9 Å². The fraction of sp³-hybridized carbons (Fsp3) is 0.440. The van der Waals surface area contributed by atoms with Crippen LogP contribution in [0.3, 0.4) is 0 Å². The molecule has 2 aromatic rings. The maximum atomic E-state index is 13.6. The second-order valence-electron chi connectivity index (χ2n) is 8.43. The Hall–Kier alpha value is -2.49. The zero-order chi connectivity index (χ0) is 27.0. The maximum absolute atomic E-state index is 13.6. The lowest BCUT2D eigenvalue weighted by Gasteiger charge is -2.32. The van der Waals surface area contributed by atoms with E-state index < -0.39 is 28.5 Å². The number of hydrogen-bond donors (Lipinski definition) is 1. The summed E-state index contributed by atoms with van der Waals surface area (Å²) in [4.78, 5) is 27.9. The van der Waals surface area contributed by atoms with Crippen molar-refractivity contribution in [1.29, 1.82) is 0 Å². The average molecular weight is 559 g/mol. The number of carbonyl (C=O) groups excluding carboxylic acids is 2. The largest absolute Gasteiger partial charge is 0.492 e. The summed E-state index contributed by atoms with van der Waals surface area (Å²) in [5, 5.41) is 3.55. The van der Waals surface area contributed by atoms with Crippen LogP contribution in [0.15, 0.2) is 42.5 Å². The molecule has 0 aliphatic carbocycles. The molecule has 0 aliphatic heterocycles. The normalized spacial score (nSPS) is 13.0. The zero-order valence-electron chi connectivity index (χ0n) is 21.1. The number of sulfonamides is 1. The van der Waals surface area contributed by atoms with Crippen molar-refractivity contribution in [3.8, 4) is 5.75 Å². The van der Waals surface area contributed by atoms with Gasteiger partial charge in [-0.15, -0.1) is 0 Å². The summed E-state index contributed by atoms with van der Waals surface area (Å²) in [5.74, 6) is -0.584. The molecule has 0 radical (unpaired) electrons. The Morgan fingerprint density at radius 1 is 1.06 bits per heavy atom. The fourth-order valence-corrected chi connectivity index (χ4v) is 4.59. The first kappa shape index (κ1) is 29.7. The number of nitrogens with one attached hydrogen (secondary N) is 1. The molecule has 8 nitrogen and oxygen atoms in total. The summed E-state index contributed by atoms with van der Waals surface area (Å²) < 4.78 is 32.1. The molecule has 2 amide bonds. The third kappa shape index (κ3) is 8.01. The molecule has 0 heterocycles. The molecule has 0 bridgehead atoms. The third-order valence-corrected chi connectivity index (χ3v) is 7.48. The number of nitrogens with zero attached hydrogens (tertiary/aromatic N) is 2. The Labute approximate surface area is 223 Å². The van der Waals surface area contributed by atoms with Crippen molar-refractivity contribution in [3.05, 3.63) is 58.1 Å². The molecule has 2 rings (SSSR count). The monoisotopic (exact) mass is 557 g/mol. The van der Waals surface area contributed by atoms with Crippen LogP contribution in [0.25, 0.3) is 0 Å². The number of para-hydroxylation sites is 2. The Balaban J connectivity index is 2.45. The molecule has 11 heteroatoms. The fourth-order valence-electron chi connectivity index (χ4n) is 3.42. The van der Waals surface area contributed by atoms with Gasteiger partial charge in [0.2, 0.25) is 21.8 Å². The Bertz CT molecular complexity index is 1180. The first-order chi connectivity index (χ1) is 16.9.